The number of methoxy groups -OCH3 is 2. The van der Waals surface area contributed by atoms with Gasteiger partial charge in [-0.25, -0.2) is 4.79 Å². The van der Waals surface area contributed by atoms with Gasteiger partial charge in [0.25, 0.3) is 5.91 Å². The fourth-order valence-electron chi connectivity index (χ4n) is 2.19. The molecule has 0 atom stereocenters. The summed E-state index contributed by atoms with van der Waals surface area (Å²) in [5, 5.41) is 2.91. The van der Waals surface area contributed by atoms with E-state index in [-0.39, 0.29) is 11.6 Å². The summed E-state index contributed by atoms with van der Waals surface area (Å²) in [7, 11) is 2.99. The zero-order valence-electron chi connectivity index (χ0n) is 12.6. The van der Waals surface area contributed by atoms with E-state index in [0.717, 1.165) is 0 Å². The number of carbonyl (C=O) groups excluding carboxylic acids is 2. The Kier molecular flexibility index (Phi) is 4.92. The molecule has 0 aromatic heterocycles. The lowest BCUT2D eigenvalue weighted by atomic mass is 10.1. The van der Waals surface area contributed by atoms with Gasteiger partial charge in [0.1, 0.15) is 5.70 Å². The predicted molar refractivity (Wildman–Crippen MR) is 83.1 cm³/mol. The minimum atomic E-state index is -0.412. The molecule has 0 saturated carbocycles. The van der Waals surface area contributed by atoms with Crippen molar-refractivity contribution in [1.82, 2.24) is 10.2 Å². The van der Waals surface area contributed by atoms with Crippen LogP contribution in [0, 0.1) is 0 Å². The lowest BCUT2D eigenvalue weighted by molar-refractivity contribution is -0.122. The lowest BCUT2D eigenvalue weighted by Gasteiger charge is -2.10. The van der Waals surface area contributed by atoms with Crippen LogP contribution in [0.15, 0.2) is 17.8 Å². The third-order valence-corrected chi connectivity index (χ3v) is 3.46. The van der Waals surface area contributed by atoms with Gasteiger partial charge in [0.15, 0.2) is 11.5 Å². The maximum Gasteiger partial charge on any atom is 0.329 e. The highest BCUT2D eigenvalue weighted by Crippen LogP contribution is 2.36. The van der Waals surface area contributed by atoms with Crippen LogP contribution in [-0.4, -0.2) is 37.6 Å². The summed E-state index contributed by atoms with van der Waals surface area (Å²) in [5.74, 6) is 0.516. The highest BCUT2D eigenvalue weighted by molar-refractivity contribution is 6.32. The van der Waals surface area contributed by atoms with Crippen molar-refractivity contribution in [2.75, 3.05) is 20.8 Å². The second-order valence-corrected chi connectivity index (χ2v) is 5.09. The summed E-state index contributed by atoms with van der Waals surface area (Å²) in [6, 6.07) is 2.90. The van der Waals surface area contributed by atoms with Gasteiger partial charge in [0, 0.05) is 6.54 Å². The zero-order chi connectivity index (χ0) is 16.3. The first-order valence-electron chi connectivity index (χ1n) is 6.77. The first-order valence-corrected chi connectivity index (χ1v) is 7.15. The Morgan fingerprint density at radius 2 is 2.00 bits per heavy atom. The molecule has 1 aliphatic rings. The van der Waals surface area contributed by atoms with E-state index in [1.807, 2.05) is 6.92 Å². The highest BCUT2D eigenvalue weighted by Gasteiger charge is 2.32. The quantitative estimate of drug-likeness (QED) is 0.668. The van der Waals surface area contributed by atoms with Crippen LogP contribution in [0.5, 0.6) is 11.5 Å². The predicted octanol–water partition coefficient (Wildman–Crippen LogP) is 2.66. The number of nitrogens with one attached hydrogen (secondary N) is 1. The molecule has 0 unspecified atom stereocenters. The Hall–Kier alpha value is -2.21. The Morgan fingerprint density at radius 3 is 2.59 bits per heavy atom. The smallest absolute Gasteiger partial charge is 0.329 e. The number of nitrogens with zero attached hydrogens (tertiary/aromatic N) is 1. The van der Waals surface area contributed by atoms with Crippen LogP contribution in [0.1, 0.15) is 18.9 Å². The van der Waals surface area contributed by atoms with Gasteiger partial charge in [0.2, 0.25) is 0 Å². The number of halogens is 1. The summed E-state index contributed by atoms with van der Waals surface area (Å²) >= 11 is 6.13. The van der Waals surface area contributed by atoms with Gasteiger partial charge in [0.05, 0.1) is 19.2 Å². The Balaban J connectivity index is 2.36. The molecule has 1 saturated heterocycles. The Labute approximate surface area is 133 Å². The van der Waals surface area contributed by atoms with Gasteiger partial charge < -0.3 is 14.8 Å². The van der Waals surface area contributed by atoms with Crippen LogP contribution in [0.2, 0.25) is 5.02 Å². The Bertz CT molecular complexity index is 643. The second-order valence-electron chi connectivity index (χ2n) is 4.68. The molecule has 0 aliphatic carbocycles. The van der Waals surface area contributed by atoms with Crippen molar-refractivity contribution in [3.05, 3.63) is 28.4 Å². The van der Waals surface area contributed by atoms with E-state index in [4.69, 9.17) is 21.1 Å². The van der Waals surface area contributed by atoms with Gasteiger partial charge in [-0.1, -0.05) is 18.5 Å². The molecular formula is C15H17ClN2O4. The number of ether oxygens (including phenoxy) is 2. The number of hydrogen-bond donors (Lipinski definition) is 1. The second kappa shape index (κ2) is 6.70. The molecule has 1 N–H and O–H groups in total. The van der Waals surface area contributed by atoms with Crippen molar-refractivity contribution < 1.29 is 19.1 Å². The molecule has 22 heavy (non-hydrogen) atoms. The van der Waals surface area contributed by atoms with Crippen LogP contribution in [-0.2, 0) is 4.79 Å². The van der Waals surface area contributed by atoms with Crippen LogP contribution >= 0.6 is 11.6 Å². The molecule has 0 bridgehead atoms. The lowest BCUT2D eigenvalue weighted by Crippen LogP contribution is -2.31. The van der Waals surface area contributed by atoms with Gasteiger partial charge in [-0.05, 0) is 30.2 Å². The first-order chi connectivity index (χ1) is 10.5. The average molecular weight is 325 g/mol. The van der Waals surface area contributed by atoms with E-state index >= 15 is 0 Å². The molecule has 3 amide bonds. The van der Waals surface area contributed by atoms with Crippen LogP contribution in [0.3, 0.4) is 0 Å². The topological polar surface area (TPSA) is 67.9 Å². The fraction of sp³-hybridized carbons (Fsp3) is 0.333. The molecule has 1 aromatic carbocycles. The standard InChI is InChI=1S/C15H17ClN2O4/c1-4-5-18-14(19)11(17-15(18)20)7-9-6-10(16)13(22-3)12(8-9)21-2/h6-8H,4-5H2,1-3H3,(H,17,20)/b11-7+. The number of carbonyl (C=O) groups is 2. The summed E-state index contributed by atoms with van der Waals surface area (Å²) in [6.07, 6.45) is 2.26. The van der Waals surface area contributed by atoms with Crippen LogP contribution < -0.4 is 14.8 Å². The Morgan fingerprint density at radius 1 is 1.27 bits per heavy atom. The SMILES string of the molecule is CCCN1C(=O)N/C(=C/c2cc(Cl)c(OC)c(OC)c2)C1=O. The molecule has 1 aliphatic heterocycles. The van der Waals surface area contributed by atoms with Crippen molar-refractivity contribution in [3.8, 4) is 11.5 Å². The zero-order valence-corrected chi connectivity index (χ0v) is 13.4. The average Bonchev–Trinajstić information content (AvgIpc) is 2.74. The van der Waals surface area contributed by atoms with E-state index in [2.05, 4.69) is 5.32 Å². The normalized spacial score (nSPS) is 16.2. The van der Waals surface area contributed by atoms with E-state index in [1.54, 1.807) is 18.2 Å². The molecule has 7 heteroatoms. The van der Waals surface area contributed by atoms with Crippen LogP contribution in [0.25, 0.3) is 6.08 Å². The van der Waals surface area contributed by atoms with Crippen molar-refractivity contribution in [2.45, 2.75) is 13.3 Å². The number of urea groups is 1. The molecule has 1 aromatic rings. The molecule has 6 nitrogen and oxygen atoms in total. The summed E-state index contributed by atoms with van der Waals surface area (Å²) in [6.45, 7) is 2.28. The molecule has 118 valence electrons. The minimum Gasteiger partial charge on any atom is -0.493 e. The molecular weight excluding hydrogens is 308 g/mol. The monoisotopic (exact) mass is 324 g/mol. The maximum atomic E-state index is 12.2. The molecule has 2 rings (SSSR count). The first kappa shape index (κ1) is 16.2. The van der Waals surface area contributed by atoms with E-state index < -0.39 is 6.03 Å². The van der Waals surface area contributed by atoms with Crippen molar-refractivity contribution in [2.24, 2.45) is 0 Å². The van der Waals surface area contributed by atoms with Crippen molar-refractivity contribution in [1.29, 1.82) is 0 Å². The summed E-state index contributed by atoms with van der Waals surface area (Å²) < 4.78 is 10.4. The largest absolute Gasteiger partial charge is 0.493 e. The molecule has 1 heterocycles. The molecule has 1 fully saturated rings. The van der Waals surface area contributed by atoms with Gasteiger partial charge in [-0.3, -0.25) is 9.69 Å². The van der Waals surface area contributed by atoms with E-state index in [9.17, 15) is 9.59 Å². The third-order valence-electron chi connectivity index (χ3n) is 3.18. The number of benzene rings is 1. The minimum absolute atomic E-state index is 0.210. The van der Waals surface area contributed by atoms with Gasteiger partial charge in [-0.2, -0.15) is 0 Å². The molecule has 0 spiro atoms. The number of rotatable bonds is 5. The fourth-order valence-corrected chi connectivity index (χ4v) is 2.48. The molecule has 0 radical (unpaired) electrons. The number of hydrogen-bond acceptors (Lipinski definition) is 4. The van der Waals surface area contributed by atoms with Crippen molar-refractivity contribution >= 4 is 29.6 Å². The third kappa shape index (κ3) is 3.01. The van der Waals surface area contributed by atoms with Gasteiger partial charge >= 0.3 is 6.03 Å². The highest BCUT2D eigenvalue weighted by atomic mass is 35.5. The van der Waals surface area contributed by atoms with E-state index in [1.165, 1.54) is 19.1 Å². The van der Waals surface area contributed by atoms with Gasteiger partial charge in [-0.15, -0.1) is 0 Å². The van der Waals surface area contributed by atoms with Crippen LogP contribution in [0.4, 0.5) is 4.79 Å². The van der Waals surface area contributed by atoms with E-state index in [0.29, 0.717) is 35.1 Å². The number of amides is 3. The number of imide groups is 1. The summed E-state index contributed by atoms with van der Waals surface area (Å²) in [4.78, 5) is 25.1. The summed E-state index contributed by atoms with van der Waals surface area (Å²) in [5.41, 5.74) is 0.839. The maximum absolute atomic E-state index is 12.2. The van der Waals surface area contributed by atoms with Crippen molar-refractivity contribution in [3.63, 3.8) is 0 Å².